The second kappa shape index (κ2) is 6.72. The summed E-state index contributed by atoms with van der Waals surface area (Å²) in [5.41, 5.74) is 0.470. The Hall–Kier alpha value is -0.930. The average Bonchev–Trinajstić information content (AvgIpc) is 2.37. The molecule has 1 unspecified atom stereocenters. The molecule has 0 fully saturated rings. The van der Waals surface area contributed by atoms with Crippen LogP contribution >= 0.6 is 0 Å². The van der Waals surface area contributed by atoms with Crippen LogP contribution in [-0.2, 0) is 11.2 Å². The van der Waals surface area contributed by atoms with Crippen molar-refractivity contribution in [1.82, 2.24) is 4.98 Å². The Morgan fingerprint density at radius 3 is 2.47 bits per heavy atom. The zero-order valence-electron chi connectivity index (χ0n) is 11.0. The van der Waals surface area contributed by atoms with E-state index in [1.54, 1.807) is 6.20 Å². The van der Waals surface area contributed by atoms with Crippen LogP contribution < -0.4 is 0 Å². The Morgan fingerprint density at radius 1 is 1.29 bits per heavy atom. The molecule has 0 saturated carbocycles. The molecule has 0 saturated heterocycles. The van der Waals surface area contributed by atoms with Crippen molar-refractivity contribution in [3.05, 3.63) is 30.1 Å². The summed E-state index contributed by atoms with van der Waals surface area (Å²) in [6, 6.07) is 5.76. The van der Waals surface area contributed by atoms with Gasteiger partial charge >= 0.3 is 0 Å². The highest BCUT2D eigenvalue weighted by Crippen LogP contribution is 2.26. The summed E-state index contributed by atoms with van der Waals surface area (Å²) in [6.07, 6.45) is 3.41. The first-order valence-electron chi connectivity index (χ1n) is 6.40. The second-order valence-corrected chi connectivity index (χ2v) is 4.25. The van der Waals surface area contributed by atoms with Gasteiger partial charge in [-0.3, -0.25) is 4.98 Å². The minimum atomic E-state index is -0.507. The number of rotatable bonds is 7. The molecule has 17 heavy (non-hydrogen) atoms. The number of hydrogen-bond acceptors (Lipinski definition) is 3. The Morgan fingerprint density at radius 2 is 2.00 bits per heavy atom. The maximum absolute atomic E-state index is 10.4. The van der Waals surface area contributed by atoms with Gasteiger partial charge in [0.15, 0.2) is 0 Å². The highest BCUT2D eigenvalue weighted by Gasteiger charge is 2.35. The molecule has 0 radical (unpaired) electrons. The van der Waals surface area contributed by atoms with Crippen molar-refractivity contribution in [2.24, 2.45) is 0 Å². The van der Waals surface area contributed by atoms with E-state index in [0.717, 1.165) is 18.5 Å². The highest BCUT2D eigenvalue weighted by molar-refractivity contribution is 5.06. The molecule has 0 aliphatic rings. The third kappa shape index (κ3) is 3.51. The van der Waals surface area contributed by atoms with Gasteiger partial charge in [0.2, 0.25) is 0 Å². The van der Waals surface area contributed by atoms with E-state index in [-0.39, 0.29) is 0 Å². The number of aromatic nitrogens is 1. The standard InChI is InChI=1S/C14H23NO2/c1-4-14(5-2,17-6-3)13(16)11-12-9-7-8-10-15-12/h7-10,13,16H,4-6,11H2,1-3H3. The lowest BCUT2D eigenvalue weighted by Crippen LogP contribution is -2.45. The smallest absolute Gasteiger partial charge is 0.0938 e. The minimum absolute atomic E-state index is 0.438. The number of hydrogen-bond donors (Lipinski definition) is 1. The quantitative estimate of drug-likeness (QED) is 0.792. The zero-order valence-corrected chi connectivity index (χ0v) is 11.0. The van der Waals surface area contributed by atoms with Gasteiger partial charge in [-0.05, 0) is 31.9 Å². The molecule has 0 bridgehead atoms. The van der Waals surface area contributed by atoms with Crippen molar-refractivity contribution in [3.8, 4) is 0 Å². The van der Waals surface area contributed by atoms with E-state index in [9.17, 15) is 5.11 Å². The van der Waals surface area contributed by atoms with Crippen LogP contribution in [0.25, 0.3) is 0 Å². The molecular formula is C14H23NO2. The predicted octanol–water partition coefficient (Wildman–Crippen LogP) is 2.58. The lowest BCUT2D eigenvalue weighted by atomic mass is 9.87. The molecule has 0 aliphatic heterocycles. The maximum atomic E-state index is 10.4. The summed E-state index contributed by atoms with van der Waals surface area (Å²) in [4.78, 5) is 4.25. The molecule has 0 aliphatic carbocycles. The van der Waals surface area contributed by atoms with E-state index in [4.69, 9.17) is 4.74 Å². The van der Waals surface area contributed by atoms with Crippen molar-refractivity contribution in [3.63, 3.8) is 0 Å². The Balaban J connectivity index is 2.75. The van der Waals surface area contributed by atoms with Gasteiger partial charge in [-0.2, -0.15) is 0 Å². The summed E-state index contributed by atoms with van der Waals surface area (Å²) in [5.74, 6) is 0. The number of aliphatic hydroxyl groups excluding tert-OH is 1. The van der Waals surface area contributed by atoms with Crippen LogP contribution in [0.3, 0.4) is 0 Å². The van der Waals surface area contributed by atoms with Gasteiger partial charge in [0.25, 0.3) is 0 Å². The summed E-state index contributed by atoms with van der Waals surface area (Å²) in [5, 5.41) is 10.4. The normalized spacial score (nSPS) is 13.6. The van der Waals surface area contributed by atoms with Crippen LogP contribution in [0.2, 0.25) is 0 Å². The minimum Gasteiger partial charge on any atom is -0.390 e. The van der Waals surface area contributed by atoms with Crippen LogP contribution in [-0.4, -0.2) is 28.4 Å². The number of pyridine rings is 1. The van der Waals surface area contributed by atoms with Crippen LogP contribution in [0.1, 0.15) is 39.3 Å². The summed E-state index contributed by atoms with van der Waals surface area (Å²) in [7, 11) is 0. The Kier molecular flexibility index (Phi) is 5.59. The molecule has 3 heteroatoms. The van der Waals surface area contributed by atoms with Gasteiger partial charge < -0.3 is 9.84 Å². The monoisotopic (exact) mass is 237 g/mol. The number of aliphatic hydroxyl groups is 1. The molecule has 0 aromatic carbocycles. The number of ether oxygens (including phenoxy) is 1. The van der Waals surface area contributed by atoms with Crippen LogP contribution in [0.15, 0.2) is 24.4 Å². The molecule has 1 aromatic heterocycles. The molecule has 96 valence electrons. The second-order valence-electron chi connectivity index (χ2n) is 4.25. The first-order chi connectivity index (χ1) is 8.18. The SMILES string of the molecule is CCOC(CC)(CC)C(O)Cc1ccccn1. The molecule has 1 aromatic rings. The molecule has 1 atom stereocenters. The van der Waals surface area contributed by atoms with E-state index in [0.29, 0.717) is 13.0 Å². The zero-order chi connectivity index (χ0) is 12.7. The topological polar surface area (TPSA) is 42.4 Å². The average molecular weight is 237 g/mol. The van der Waals surface area contributed by atoms with Gasteiger partial charge in [-0.15, -0.1) is 0 Å². The Labute approximate surface area is 104 Å². The molecule has 0 amide bonds. The van der Waals surface area contributed by atoms with E-state index in [1.165, 1.54) is 0 Å². The lowest BCUT2D eigenvalue weighted by molar-refractivity contribution is -0.124. The highest BCUT2D eigenvalue weighted by atomic mass is 16.5. The first-order valence-corrected chi connectivity index (χ1v) is 6.40. The Bertz CT molecular complexity index is 309. The van der Waals surface area contributed by atoms with Crippen molar-refractivity contribution in [1.29, 1.82) is 0 Å². The van der Waals surface area contributed by atoms with E-state index in [1.807, 2.05) is 25.1 Å². The fraction of sp³-hybridized carbons (Fsp3) is 0.643. The van der Waals surface area contributed by atoms with Gasteiger partial charge in [-0.1, -0.05) is 19.9 Å². The predicted molar refractivity (Wildman–Crippen MR) is 68.9 cm³/mol. The van der Waals surface area contributed by atoms with Crippen LogP contribution in [0, 0.1) is 0 Å². The van der Waals surface area contributed by atoms with Crippen molar-refractivity contribution < 1.29 is 9.84 Å². The van der Waals surface area contributed by atoms with Crippen molar-refractivity contribution in [2.45, 2.75) is 51.7 Å². The maximum Gasteiger partial charge on any atom is 0.0938 e. The van der Waals surface area contributed by atoms with Crippen LogP contribution in [0.4, 0.5) is 0 Å². The third-order valence-electron chi connectivity index (χ3n) is 3.36. The summed E-state index contributed by atoms with van der Waals surface area (Å²) >= 11 is 0. The molecule has 0 spiro atoms. The van der Waals surface area contributed by atoms with E-state index >= 15 is 0 Å². The molecule has 1 rings (SSSR count). The van der Waals surface area contributed by atoms with Gasteiger partial charge in [-0.25, -0.2) is 0 Å². The van der Waals surface area contributed by atoms with Crippen LogP contribution in [0.5, 0.6) is 0 Å². The van der Waals surface area contributed by atoms with Gasteiger partial charge in [0.1, 0.15) is 0 Å². The largest absolute Gasteiger partial charge is 0.390 e. The van der Waals surface area contributed by atoms with E-state index < -0.39 is 11.7 Å². The molecule has 1 heterocycles. The fourth-order valence-electron chi connectivity index (χ4n) is 2.21. The number of nitrogens with zero attached hydrogens (tertiary/aromatic N) is 1. The van der Waals surface area contributed by atoms with Gasteiger partial charge in [0.05, 0.1) is 11.7 Å². The van der Waals surface area contributed by atoms with E-state index in [2.05, 4.69) is 18.8 Å². The molecule has 3 nitrogen and oxygen atoms in total. The molecular weight excluding hydrogens is 214 g/mol. The van der Waals surface area contributed by atoms with Gasteiger partial charge in [0, 0.05) is 24.9 Å². The van der Waals surface area contributed by atoms with Crippen molar-refractivity contribution in [2.75, 3.05) is 6.61 Å². The van der Waals surface area contributed by atoms with Crippen molar-refractivity contribution >= 4 is 0 Å². The fourth-order valence-corrected chi connectivity index (χ4v) is 2.21. The summed E-state index contributed by atoms with van der Waals surface area (Å²) < 4.78 is 5.78. The molecule has 1 N–H and O–H groups in total. The lowest BCUT2D eigenvalue weighted by Gasteiger charge is -2.36. The summed E-state index contributed by atoms with van der Waals surface area (Å²) in [6.45, 7) is 6.70. The first kappa shape index (κ1) is 14.1. The third-order valence-corrected chi connectivity index (χ3v) is 3.36.